The SMILES string of the molecule is CC(C)[C@H](NC(=O)[C@H](CCCCN)NC(=O)[C@@H](N)CCCCN)C(=O)N[C@@H](CCCNC(N)=O)C(=O)Nc1ccc(CO)c(NP)c1. The number of carbonyl (C=O) groups is 5. The largest absolute Gasteiger partial charge is 0.392 e. The van der Waals surface area contributed by atoms with Crippen molar-refractivity contribution in [2.75, 3.05) is 30.0 Å². The maximum atomic E-state index is 13.6. The first-order valence-electron chi connectivity index (χ1n) is 16.0. The molecule has 6 amide bonds. The number of rotatable bonds is 23. The predicted molar refractivity (Wildman–Crippen MR) is 186 cm³/mol. The number of urea groups is 1. The molecule has 0 spiro atoms. The second kappa shape index (κ2) is 22.9. The Morgan fingerprint density at radius 1 is 0.809 bits per heavy atom. The topological polar surface area (TPSA) is 282 Å². The molecule has 0 saturated heterocycles. The van der Waals surface area contributed by atoms with Crippen molar-refractivity contribution < 1.29 is 29.1 Å². The molecule has 17 heteroatoms. The number of carbonyl (C=O) groups excluding carboxylic acids is 5. The smallest absolute Gasteiger partial charge is 0.312 e. The Balaban J connectivity index is 3.12. The van der Waals surface area contributed by atoms with E-state index in [1.165, 1.54) is 0 Å². The van der Waals surface area contributed by atoms with Crippen LogP contribution < -0.4 is 54.6 Å². The van der Waals surface area contributed by atoms with E-state index in [4.69, 9.17) is 22.9 Å². The van der Waals surface area contributed by atoms with Crippen LogP contribution in [0.15, 0.2) is 18.2 Å². The average Bonchev–Trinajstić information content (AvgIpc) is 3.03. The molecule has 0 aliphatic heterocycles. The zero-order valence-corrected chi connectivity index (χ0v) is 28.6. The molecule has 266 valence electrons. The Morgan fingerprint density at radius 3 is 1.98 bits per heavy atom. The van der Waals surface area contributed by atoms with Crippen LogP contribution in [0.5, 0.6) is 0 Å². The fraction of sp³-hybridized carbons (Fsp3) is 0.633. The van der Waals surface area contributed by atoms with Gasteiger partial charge in [-0.05, 0) is 85.5 Å². The summed E-state index contributed by atoms with van der Waals surface area (Å²) in [6, 6.07) is 0.298. The molecule has 0 radical (unpaired) electrons. The zero-order chi connectivity index (χ0) is 35.4. The van der Waals surface area contributed by atoms with Crippen LogP contribution in [0.1, 0.15) is 70.8 Å². The van der Waals surface area contributed by atoms with E-state index in [0.717, 1.165) is 6.42 Å². The Labute approximate surface area is 279 Å². The number of hydrogen-bond donors (Lipinski definition) is 11. The summed E-state index contributed by atoms with van der Waals surface area (Å²) < 4.78 is 0. The highest BCUT2D eigenvalue weighted by molar-refractivity contribution is 7.18. The third kappa shape index (κ3) is 15.7. The van der Waals surface area contributed by atoms with Gasteiger partial charge in [-0.1, -0.05) is 26.3 Å². The van der Waals surface area contributed by atoms with E-state index in [-0.39, 0.29) is 31.9 Å². The van der Waals surface area contributed by atoms with Gasteiger partial charge in [0.15, 0.2) is 0 Å². The average molecular weight is 683 g/mol. The van der Waals surface area contributed by atoms with Crippen LogP contribution >= 0.6 is 9.39 Å². The van der Waals surface area contributed by atoms with Gasteiger partial charge in [-0.25, -0.2) is 4.79 Å². The molecule has 0 aliphatic carbocycles. The number of anilines is 2. The summed E-state index contributed by atoms with van der Waals surface area (Å²) in [4.78, 5) is 64.4. The van der Waals surface area contributed by atoms with Gasteiger partial charge in [-0.15, -0.1) is 0 Å². The van der Waals surface area contributed by atoms with Crippen LogP contribution in [0.3, 0.4) is 0 Å². The van der Waals surface area contributed by atoms with E-state index in [0.29, 0.717) is 62.1 Å². The highest BCUT2D eigenvalue weighted by Gasteiger charge is 2.32. The summed E-state index contributed by atoms with van der Waals surface area (Å²) in [5.74, 6) is -2.57. The number of nitrogens with one attached hydrogen (secondary N) is 6. The fourth-order valence-corrected chi connectivity index (χ4v) is 4.94. The molecule has 0 saturated carbocycles. The van der Waals surface area contributed by atoms with Crippen molar-refractivity contribution in [3.05, 3.63) is 23.8 Å². The van der Waals surface area contributed by atoms with Gasteiger partial charge in [0.1, 0.15) is 18.1 Å². The van der Waals surface area contributed by atoms with Crippen LogP contribution in [0.2, 0.25) is 0 Å². The van der Waals surface area contributed by atoms with Gasteiger partial charge in [-0.3, -0.25) is 19.2 Å². The van der Waals surface area contributed by atoms with Gasteiger partial charge >= 0.3 is 6.03 Å². The summed E-state index contributed by atoms with van der Waals surface area (Å²) in [5.41, 5.74) is 24.0. The van der Waals surface area contributed by atoms with Crippen LogP contribution in [0.25, 0.3) is 0 Å². The minimum absolute atomic E-state index is 0.139. The van der Waals surface area contributed by atoms with Gasteiger partial charge in [0.2, 0.25) is 23.6 Å². The third-order valence-electron chi connectivity index (χ3n) is 7.44. The maximum Gasteiger partial charge on any atom is 0.312 e. The molecule has 0 aliphatic rings. The minimum atomic E-state index is -1.05. The summed E-state index contributed by atoms with van der Waals surface area (Å²) >= 11 is 0. The lowest BCUT2D eigenvalue weighted by atomic mass is 10.0. The van der Waals surface area contributed by atoms with Gasteiger partial charge in [0.05, 0.1) is 12.6 Å². The second-order valence-electron chi connectivity index (χ2n) is 11.6. The van der Waals surface area contributed by atoms with E-state index in [1.54, 1.807) is 32.0 Å². The van der Waals surface area contributed by atoms with Crippen LogP contribution in [-0.2, 0) is 25.8 Å². The molecule has 16 nitrogen and oxygen atoms in total. The molecule has 47 heavy (non-hydrogen) atoms. The molecule has 0 fully saturated rings. The molecule has 15 N–H and O–H groups in total. The molecule has 0 bridgehead atoms. The summed E-state index contributed by atoms with van der Waals surface area (Å²) in [7, 11) is 2.32. The molecule has 1 unspecified atom stereocenters. The highest BCUT2D eigenvalue weighted by atomic mass is 31.0. The van der Waals surface area contributed by atoms with E-state index in [1.807, 2.05) is 0 Å². The van der Waals surface area contributed by atoms with Crippen molar-refractivity contribution in [1.29, 1.82) is 0 Å². The molecule has 0 aromatic heterocycles. The first kappa shape index (κ1) is 41.5. The van der Waals surface area contributed by atoms with E-state index < -0.39 is 53.8 Å². The summed E-state index contributed by atoms with van der Waals surface area (Å²) in [5, 5.41) is 25.8. The molecule has 0 heterocycles. The standard InChI is InChI=1S/C30H55N10O6P/c1-18(2)25(39-28(44)22(9-4-6-14-32)37-26(42)21(33)8-3-5-13-31)29(45)38-23(10-7-15-35-30(34)46)27(43)36-20-12-11-19(17-41)24(16-20)40-47/h11-12,16,18,21-23,25,40-41H,3-10,13-15,17,31-33,47H2,1-2H3,(H,36,43)(H,37,42)(H,38,45)(H,39,44)(H3,34,35,46)/t21-,22-,23-,25-/m0/s1. The van der Waals surface area contributed by atoms with Crippen molar-refractivity contribution in [3.63, 3.8) is 0 Å². The molecule has 1 rings (SSSR count). The fourth-order valence-electron chi connectivity index (χ4n) is 4.67. The minimum Gasteiger partial charge on any atom is -0.392 e. The Morgan fingerprint density at radius 2 is 1.40 bits per heavy atom. The lowest BCUT2D eigenvalue weighted by molar-refractivity contribution is -0.134. The van der Waals surface area contributed by atoms with Crippen LogP contribution in [0, 0.1) is 5.92 Å². The lowest BCUT2D eigenvalue weighted by Crippen LogP contribution is -2.58. The summed E-state index contributed by atoms with van der Waals surface area (Å²) in [6.07, 6.45) is 3.73. The van der Waals surface area contributed by atoms with E-state index in [9.17, 15) is 29.1 Å². The first-order valence-corrected chi connectivity index (χ1v) is 16.6. The van der Waals surface area contributed by atoms with Gasteiger partial charge < -0.3 is 59.7 Å². The first-order chi connectivity index (χ1) is 22.4. The molecule has 1 aromatic rings. The Bertz CT molecular complexity index is 1160. The van der Waals surface area contributed by atoms with Crippen LogP contribution in [0.4, 0.5) is 16.2 Å². The maximum absolute atomic E-state index is 13.6. The zero-order valence-electron chi connectivity index (χ0n) is 27.5. The van der Waals surface area contributed by atoms with Gasteiger partial charge in [-0.2, -0.15) is 0 Å². The number of primary amides is 1. The highest BCUT2D eigenvalue weighted by Crippen LogP contribution is 2.23. The number of aliphatic hydroxyl groups excluding tert-OH is 1. The third-order valence-corrected chi connectivity index (χ3v) is 7.75. The number of unbranched alkanes of at least 4 members (excludes halogenated alkanes) is 2. The van der Waals surface area contributed by atoms with Gasteiger partial charge in [0.25, 0.3) is 0 Å². The summed E-state index contributed by atoms with van der Waals surface area (Å²) in [6.45, 7) is 4.34. The van der Waals surface area contributed by atoms with E-state index >= 15 is 0 Å². The number of benzene rings is 1. The molecular weight excluding hydrogens is 627 g/mol. The van der Waals surface area contributed by atoms with Crippen molar-refractivity contribution in [1.82, 2.24) is 21.3 Å². The number of amides is 6. The number of aliphatic hydroxyl groups is 1. The van der Waals surface area contributed by atoms with Crippen molar-refractivity contribution in [3.8, 4) is 0 Å². The van der Waals surface area contributed by atoms with Crippen molar-refractivity contribution >= 4 is 50.4 Å². The Hall–Kier alpha value is -3.56. The van der Waals surface area contributed by atoms with Crippen LogP contribution in [-0.4, -0.2) is 78.6 Å². The van der Waals surface area contributed by atoms with Crippen molar-refractivity contribution in [2.24, 2.45) is 28.9 Å². The number of nitrogens with two attached hydrogens (primary N) is 4. The monoisotopic (exact) mass is 682 g/mol. The second-order valence-corrected chi connectivity index (χ2v) is 11.9. The number of hydrogen-bond acceptors (Lipinski definition) is 10. The van der Waals surface area contributed by atoms with Gasteiger partial charge in [0, 0.05) is 23.5 Å². The molecule has 1 aromatic carbocycles. The molecule has 5 atom stereocenters. The predicted octanol–water partition coefficient (Wildman–Crippen LogP) is -0.536. The molecular formula is C30H55N10O6P. The lowest BCUT2D eigenvalue weighted by Gasteiger charge is -2.28. The quantitative estimate of drug-likeness (QED) is 0.0518. The Kier molecular flexibility index (Phi) is 20.2. The van der Waals surface area contributed by atoms with E-state index in [2.05, 4.69) is 41.1 Å². The normalized spacial score (nSPS) is 13.5. The van der Waals surface area contributed by atoms with Crippen molar-refractivity contribution in [2.45, 2.75) is 96.0 Å².